The number of rotatable bonds is 5. The van der Waals surface area contributed by atoms with E-state index in [1.807, 2.05) is 0 Å². The Morgan fingerprint density at radius 1 is 1.17 bits per heavy atom. The molecule has 0 aliphatic carbocycles. The number of benzene rings is 1. The lowest BCUT2D eigenvalue weighted by Gasteiger charge is -2.35. The first-order valence-corrected chi connectivity index (χ1v) is 11.0. The molecule has 1 amide bonds. The number of sulfonamides is 1. The lowest BCUT2D eigenvalue weighted by Crippen LogP contribution is -2.54. The molecule has 11 heteroatoms. The van der Waals surface area contributed by atoms with Crippen LogP contribution in [0.15, 0.2) is 29.2 Å². The van der Waals surface area contributed by atoms with E-state index in [1.54, 1.807) is 4.90 Å². The lowest BCUT2D eigenvalue weighted by molar-refractivity contribution is -0.138. The van der Waals surface area contributed by atoms with Gasteiger partial charge in [0, 0.05) is 32.2 Å². The minimum atomic E-state index is -4.62. The smallest absolute Gasteiger partial charge is 0.339 e. The minimum absolute atomic E-state index is 0.0445. The first-order chi connectivity index (χ1) is 13.6. The maximum atomic E-state index is 12.9. The van der Waals surface area contributed by atoms with Crippen molar-refractivity contribution >= 4 is 15.9 Å². The van der Waals surface area contributed by atoms with E-state index >= 15 is 0 Å². The molecule has 2 unspecified atom stereocenters. The number of nitrogens with zero attached hydrogens (tertiary/aromatic N) is 2. The quantitative estimate of drug-likeness (QED) is 0.736. The van der Waals surface area contributed by atoms with Crippen molar-refractivity contribution in [3.8, 4) is 0 Å². The first-order valence-electron chi connectivity index (χ1n) is 9.60. The number of hydrazine groups is 1. The Morgan fingerprint density at radius 2 is 1.86 bits per heavy atom. The molecule has 0 radical (unpaired) electrons. The van der Waals surface area contributed by atoms with Gasteiger partial charge in [-0.3, -0.25) is 10.2 Å². The highest BCUT2D eigenvalue weighted by Crippen LogP contribution is 2.31. The molecule has 29 heavy (non-hydrogen) atoms. The molecular weight excluding hydrogens is 409 g/mol. The molecular formula is C18H25F3N4O3S. The number of halogens is 3. The van der Waals surface area contributed by atoms with E-state index in [9.17, 15) is 26.4 Å². The van der Waals surface area contributed by atoms with Crippen molar-refractivity contribution in [2.75, 3.05) is 26.2 Å². The molecule has 2 atom stereocenters. The van der Waals surface area contributed by atoms with Gasteiger partial charge in [0.25, 0.3) is 0 Å². The molecule has 0 saturated carbocycles. The van der Waals surface area contributed by atoms with Gasteiger partial charge >= 0.3 is 6.18 Å². The van der Waals surface area contributed by atoms with Gasteiger partial charge < -0.3 is 4.90 Å². The fraction of sp³-hybridized carbons (Fsp3) is 0.611. The number of hydrogen-bond acceptors (Lipinski definition) is 5. The van der Waals surface area contributed by atoms with Gasteiger partial charge in [-0.1, -0.05) is 19.4 Å². The van der Waals surface area contributed by atoms with Crippen molar-refractivity contribution in [3.05, 3.63) is 29.8 Å². The molecule has 2 fully saturated rings. The van der Waals surface area contributed by atoms with Gasteiger partial charge in [0.15, 0.2) is 0 Å². The third-order valence-corrected chi connectivity index (χ3v) is 7.16. The van der Waals surface area contributed by atoms with Crippen LogP contribution in [0.1, 0.15) is 31.7 Å². The molecule has 1 aromatic carbocycles. The molecule has 2 saturated heterocycles. The van der Waals surface area contributed by atoms with Crippen molar-refractivity contribution in [1.82, 2.24) is 20.1 Å². The molecule has 7 nitrogen and oxygen atoms in total. The summed E-state index contributed by atoms with van der Waals surface area (Å²) in [6.45, 7) is 2.56. The predicted molar refractivity (Wildman–Crippen MR) is 100 cm³/mol. The topological polar surface area (TPSA) is 81.8 Å². The van der Waals surface area contributed by atoms with Crippen LogP contribution in [-0.4, -0.2) is 61.8 Å². The largest absolute Gasteiger partial charge is 0.416 e. The zero-order valence-electron chi connectivity index (χ0n) is 16.1. The van der Waals surface area contributed by atoms with Crippen LogP contribution in [0.4, 0.5) is 13.2 Å². The number of carbonyl (C=O) groups excluding carboxylic acids is 1. The third-order valence-electron chi connectivity index (χ3n) is 5.27. The SMILES string of the molecule is CCCC1CC(C(=O)N2CCN(S(=O)(=O)c3cccc(C(F)(F)F)c3)CC2)NN1. The van der Waals surface area contributed by atoms with Crippen molar-refractivity contribution < 1.29 is 26.4 Å². The number of amides is 1. The first kappa shape index (κ1) is 22.0. The highest BCUT2D eigenvalue weighted by atomic mass is 32.2. The number of carbonyl (C=O) groups is 1. The summed E-state index contributed by atoms with van der Waals surface area (Å²) < 4.78 is 65.3. The van der Waals surface area contributed by atoms with E-state index in [1.165, 1.54) is 0 Å². The highest BCUT2D eigenvalue weighted by Gasteiger charge is 2.36. The average Bonchev–Trinajstić information content (AvgIpc) is 3.16. The molecule has 2 heterocycles. The number of nitrogens with one attached hydrogen (secondary N) is 2. The number of alkyl halides is 3. The van der Waals surface area contributed by atoms with E-state index in [-0.39, 0.29) is 44.2 Å². The van der Waals surface area contributed by atoms with Crippen LogP contribution in [0, 0.1) is 0 Å². The number of piperazine rings is 1. The van der Waals surface area contributed by atoms with E-state index < -0.39 is 26.7 Å². The summed E-state index contributed by atoms with van der Waals surface area (Å²) in [6, 6.07) is 3.61. The summed E-state index contributed by atoms with van der Waals surface area (Å²) in [7, 11) is -4.06. The van der Waals surface area contributed by atoms with Crippen LogP contribution in [-0.2, 0) is 21.0 Å². The second kappa shape index (κ2) is 8.58. The Hall–Kier alpha value is -1.69. The second-order valence-electron chi connectivity index (χ2n) is 7.32. The van der Waals surface area contributed by atoms with Gasteiger partial charge in [-0.25, -0.2) is 13.8 Å². The van der Waals surface area contributed by atoms with E-state index in [4.69, 9.17) is 0 Å². The maximum Gasteiger partial charge on any atom is 0.416 e. The summed E-state index contributed by atoms with van der Waals surface area (Å²) in [5, 5.41) is 0. The molecule has 3 rings (SSSR count). The predicted octanol–water partition coefficient (Wildman–Crippen LogP) is 1.57. The fourth-order valence-corrected chi connectivity index (χ4v) is 5.14. The maximum absolute atomic E-state index is 12.9. The van der Waals surface area contributed by atoms with Crippen molar-refractivity contribution in [2.45, 2.75) is 49.3 Å². The standard InChI is InChI=1S/C18H25F3N4O3S/c1-2-4-14-12-16(23-22-14)17(26)24-7-9-25(10-8-24)29(27,28)15-6-3-5-13(11-15)18(19,20)21/h3,5-6,11,14,16,22-23H,2,4,7-10,12H2,1H3. The van der Waals surface area contributed by atoms with E-state index in [2.05, 4.69) is 17.8 Å². The van der Waals surface area contributed by atoms with E-state index in [0.29, 0.717) is 12.5 Å². The minimum Gasteiger partial charge on any atom is -0.339 e. The van der Waals surface area contributed by atoms with Crippen LogP contribution in [0.3, 0.4) is 0 Å². The average molecular weight is 434 g/mol. The van der Waals surface area contributed by atoms with Crippen molar-refractivity contribution in [1.29, 1.82) is 0 Å². The Kier molecular flexibility index (Phi) is 6.51. The van der Waals surface area contributed by atoms with Gasteiger partial charge in [-0.15, -0.1) is 0 Å². The summed E-state index contributed by atoms with van der Waals surface area (Å²) >= 11 is 0. The zero-order valence-corrected chi connectivity index (χ0v) is 16.9. The zero-order chi connectivity index (χ0) is 21.2. The molecule has 2 N–H and O–H groups in total. The van der Waals surface area contributed by atoms with Gasteiger partial charge in [0.2, 0.25) is 15.9 Å². The van der Waals surface area contributed by atoms with Crippen LogP contribution >= 0.6 is 0 Å². The molecule has 1 aromatic rings. The van der Waals surface area contributed by atoms with Crippen LogP contribution in [0.2, 0.25) is 0 Å². The lowest BCUT2D eigenvalue weighted by atomic mass is 10.1. The van der Waals surface area contributed by atoms with Crippen LogP contribution in [0.25, 0.3) is 0 Å². The van der Waals surface area contributed by atoms with Crippen LogP contribution in [0.5, 0.6) is 0 Å². The monoisotopic (exact) mass is 434 g/mol. The van der Waals surface area contributed by atoms with Crippen LogP contribution < -0.4 is 10.9 Å². The fourth-order valence-electron chi connectivity index (χ4n) is 3.67. The summed E-state index contributed by atoms with van der Waals surface area (Å²) in [5.74, 6) is -0.0905. The third kappa shape index (κ3) is 4.90. The molecule has 0 spiro atoms. The Labute approximate surface area is 168 Å². The highest BCUT2D eigenvalue weighted by molar-refractivity contribution is 7.89. The Morgan fingerprint density at radius 3 is 2.48 bits per heavy atom. The van der Waals surface area contributed by atoms with Gasteiger partial charge in [-0.05, 0) is 31.0 Å². The normalized spacial score (nSPS) is 24.1. The summed E-state index contributed by atoms with van der Waals surface area (Å²) in [5.41, 5.74) is 5.09. The van der Waals surface area contributed by atoms with Gasteiger partial charge in [0.1, 0.15) is 6.04 Å². The van der Waals surface area contributed by atoms with Gasteiger partial charge in [-0.2, -0.15) is 17.5 Å². The molecule has 162 valence electrons. The molecule has 2 aliphatic heterocycles. The van der Waals surface area contributed by atoms with Crippen molar-refractivity contribution in [2.24, 2.45) is 0 Å². The molecule has 2 aliphatic rings. The summed E-state index contributed by atoms with van der Waals surface area (Å²) in [4.78, 5) is 13.9. The molecule has 0 bridgehead atoms. The summed E-state index contributed by atoms with van der Waals surface area (Å²) in [6.07, 6.45) is -1.98. The van der Waals surface area contributed by atoms with Gasteiger partial charge in [0.05, 0.1) is 10.5 Å². The Balaban J connectivity index is 1.62. The van der Waals surface area contributed by atoms with E-state index in [0.717, 1.165) is 35.3 Å². The number of hydrogen-bond donors (Lipinski definition) is 2. The second-order valence-corrected chi connectivity index (χ2v) is 9.26. The van der Waals surface area contributed by atoms with Crippen molar-refractivity contribution in [3.63, 3.8) is 0 Å². The molecule has 0 aromatic heterocycles. The Bertz CT molecular complexity index is 839.